The standard InChI is InChI=1S/C34H52N4O9/c1-20-14-25-17-26(18-28(31(25)45-8)46-34(43)38(6)13-12-36-5)37-32(41)21(2)10-9-11-24(19-39)30(47-33(35)42)23(4)16-22(3)29(40)27(15-20)44-7/h10,16-20,22,24,27,29-30,36,40H,9,11-15H2,1-8H3,(H2,35,42)(H,37,41)/b21-10+,23-16+/t20-,22+,24-,27+,29-,30+/m1/s1. The molecule has 1 heterocycles. The first-order valence-corrected chi connectivity index (χ1v) is 15.8. The van der Waals surface area contributed by atoms with E-state index in [4.69, 9.17) is 24.7 Å². The Morgan fingerprint density at radius 3 is 2.51 bits per heavy atom. The molecule has 0 aliphatic carbocycles. The minimum atomic E-state index is -1.03. The van der Waals surface area contributed by atoms with Crippen LogP contribution >= 0.6 is 0 Å². The van der Waals surface area contributed by atoms with E-state index in [1.807, 2.05) is 13.8 Å². The number of carbonyl (C=O) groups excluding carboxylic acids is 4. The molecule has 0 radical (unpaired) electrons. The van der Waals surface area contributed by atoms with Gasteiger partial charge in [-0.2, -0.15) is 0 Å². The predicted octanol–water partition coefficient (Wildman–Crippen LogP) is 3.83. The summed E-state index contributed by atoms with van der Waals surface area (Å²) in [4.78, 5) is 51.6. The first-order valence-electron chi connectivity index (χ1n) is 15.8. The maximum absolute atomic E-state index is 13.3. The van der Waals surface area contributed by atoms with Gasteiger partial charge >= 0.3 is 12.2 Å². The third-order valence-electron chi connectivity index (χ3n) is 8.32. The fourth-order valence-electron chi connectivity index (χ4n) is 5.66. The van der Waals surface area contributed by atoms with E-state index >= 15 is 0 Å². The number of methoxy groups -OCH3 is 2. The molecular weight excluding hydrogens is 608 g/mol. The van der Waals surface area contributed by atoms with Gasteiger partial charge in [0, 0.05) is 56.1 Å². The Morgan fingerprint density at radius 1 is 1.21 bits per heavy atom. The number of allylic oxidation sites excluding steroid dienone is 1. The van der Waals surface area contributed by atoms with Gasteiger partial charge in [-0.1, -0.05) is 26.0 Å². The molecule has 3 amide bonds. The summed E-state index contributed by atoms with van der Waals surface area (Å²) in [6.07, 6.45) is 1.54. The first kappa shape index (κ1) is 39.2. The highest BCUT2D eigenvalue weighted by atomic mass is 16.6. The van der Waals surface area contributed by atoms with Gasteiger partial charge in [-0.25, -0.2) is 9.59 Å². The van der Waals surface area contributed by atoms with Crippen molar-refractivity contribution in [2.45, 2.75) is 71.7 Å². The topological polar surface area (TPSA) is 179 Å². The molecule has 0 spiro atoms. The number of hydrogen-bond donors (Lipinski definition) is 4. The lowest BCUT2D eigenvalue weighted by molar-refractivity contribution is -0.114. The highest BCUT2D eigenvalue weighted by Gasteiger charge is 2.30. The summed E-state index contributed by atoms with van der Waals surface area (Å²) in [5, 5.41) is 17.2. The highest BCUT2D eigenvalue weighted by molar-refractivity contribution is 6.03. The van der Waals surface area contributed by atoms with E-state index in [2.05, 4.69) is 10.6 Å². The Morgan fingerprint density at radius 2 is 1.91 bits per heavy atom. The number of nitrogens with one attached hydrogen (secondary N) is 2. The molecular formula is C34H52N4O9. The average molecular weight is 661 g/mol. The van der Waals surface area contributed by atoms with Crippen molar-refractivity contribution < 1.29 is 43.2 Å². The van der Waals surface area contributed by atoms with Crippen molar-refractivity contribution in [3.05, 3.63) is 41.0 Å². The van der Waals surface area contributed by atoms with Gasteiger partial charge in [0.15, 0.2) is 11.5 Å². The molecule has 1 aliphatic rings. The SMILES string of the molecule is CNCCN(C)C(=O)Oc1cc2cc(c1OC)C[C@@H](C)C[C@H](OC)[C@H](O)[C@@H](C)/C=C(\C)[C@H](OC(N)=O)[C@@H](C=O)CC/C=C(\C)C(=O)N2. The summed E-state index contributed by atoms with van der Waals surface area (Å²) in [5.74, 6) is -1.15. The molecule has 0 saturated heterocycles. The van der Waals surface area contributed by atoms with Crippen LogP contribution in [0.3, 0.4) is 0 Å². The molecule has 13 nitrogen and oxygen atoms in total. The molecule has 6 atom stereocenters. The molecule has 0 fully saturated rings. The van der Waals surface area contributed by atoms with Gasteiger partial charge in [-0.3, -0.25) is 4.79 Å². The maximum atomic E-state index is 13.3. The molecule has 0 saturated carbocycles. The second-order valence-electron chi connectivity index (χ2n) is 12.2. The second-order valence-corrected chi connectivity index (χ2v) is 12.2. The van der Waals surface area contributed by atoms with Crippen LogP contribution in [0.15, 0.2) is 35.4 Å². The summed E-state index contributed by atoms with van der Waals surface area (Å²) < 4.78 is 22.6. The Bertz CT molecular complexity index is 1300. The van der Waals surface area contributed by atoms with Crippen LogP contribution in [0.2, 0.25) is 0 Å². The van der Waals surface area contributed by atoms with Crippen LogP contribution in [0.4, 0.5) is 15.3 Å². The van der Waals surface area contributed by atoms with Crippen LogP contribution in [0.25, 0.3) is 0 Å². The van der Waals surface area contributed by atoms with Crippen molar-refractivity contribution in [3.8, 4) is 11.5 Å². The van der Waals surface area contributed by atoms with Crippen LogP contribution in [0.1, 0.15) is 52.5 Å². The van der Waals surface area contributed by atoms with Crippen LogP contribution in [0, 0.1) is 17.8 Å². The normalized spacial score (nSPS) is 26.9. The average Bonchev–Trinajstić information content (AvgIpc) is 3.02. The number of anilines is 1. The van der Waals surface area contributed by atoms with E-state index in [1.54, 1.807) is 46.2 Å². The number of carbonyl (C=O) groups is 4. The molecule has 1 aromatic rings. The lowest BCUT2D eigenvalue weighted by Gasteiger charge is -2.29. The number of nitrogens with zero attached hydrogens (tertiary/aromatic N) is 1. The number of aliphatic hydroxyl groups excluding tert-OH is 1. The zero-order chi connectivity index (χ0) is 35.3. The van der Waals surface area contributed by atoms with Gasteiger partial charge in [0.05, 0.1) is 25.2 Å². The van der Waals surface area contributed by atoms with Gasteiger partial charge in [0.25, 0.3) is 5.91 Å². The van der Waals surface area contributed by atoms with Crippen molar-refractivity contribution in [1.82, 2.24) is 10.2 Å². The third-order valence-corrected chi connectivity index (χ3v) is 8.32. The first-order chi connectivity index (χ1) is 22.3. The number of likely N-dealkylation sites (N-methyl/N-ethyl adjacent to an activating group) is 2. The maximum Gasteiger partial charge on any atom is 0.415 e. The van der Waals surface area contributed by atoms with E-state index in [9.17, 15) is 24.3 Å². The summed E-state index contributed by atoms with van der Waals surface area (Å²) in [7, 11) is 6.41. The predicted molar refractivity (Wildman–Crippen MR) is 178 cm³/mol. The highest BCUT2D eigenvalue weighted by Crippen LogP contribution is 2.38. The van der Waals surface area contributed by atoms with E-state index < -0.39 is 48.2 Å². The zero-order valence-electron chi connectivity index (χ0n) is 28.8. The Kier molecular flexibility index (Phi) is 15.9. The van der Waals surface area contributed by atoms with Crippen molar-refractivity contribution in [3.63, 3.8) is 0 Å². The number of nitrogens with two attached hydrogens (primary N) is 1. The Hall–Kier alpha value is -3.94. The molecule has 1 aliphatic heterocycles. The largest absolute Gasteiger partial charge is 0.493 e. The zero-order valence-corrected chi connectivity index (χ0v) is 28.8. The summed E-state index contributed by atoms with van der Waals surface area (Å²) in [5.41, 5.74) is 7.38. The summed E-state index contributed by atoms with van der Waals surface area (Å²) >= 11 is 0. The van der Waals surface area contributed by atoms with Crippen molar-refractivity contribution >= 4 is 30.1 Å². The fourth-order valence-corrected chi connectivity index (χ4v) is 5.66. The van der Waals surface area contributed by atoms with E-state index in [-0.39, 0.29) is 18.1 Å². The Labute approximate surface area is 277 Å². The van der Waals surface area contributed by atoms with Crippen molar-refractivity contribution in [2.24, 2.45) is 23.5 Å². The molecule has 2 rings (SSSR count). The number of hydrogen-bond acceptors (Lipinski definition) is 10. The van der Waals surface area contributed by atoms with Crippen LogP contribution in [-0.4, -0.2) is 94.1 Å². The number of ether oxygens (including phenoxy) is 4. The smallest absolute Gasteiger partial charge is 0.415 e. The van der Waals surface area contributed by atoms with Crippen molar-refractivity contribution in [1.29, 1.82) is 0 Å². The molecule has 1 aromatic carbocycles. The van der Waals surface area contributed by atoms with Crippen molar-refractivity contribution in [2.75, 3.05) is 46.7 Å². The second kappa shape index (κ2) is 19.0. The van der Waals surface area contributed by atoms with Gasteiger partial charge in [-0.15, -0.1) is 0 Å². The monoisotopic (exact) mass is 660 g/mol. The molecule has 0 unspecified atom stereocenters. The quantitative estimate of drug-likeness (QED) is 0.237. The van der Waals surface area contributed by atoms with Crippen LogP contribution in [-0.2, 0) is 25.5 Å². The van der Waals surface area contributed by atoms with E-state index in [1.165, 1.54) is 25.2 Å². The lowest BCUT2D eigenvalue weighted by atomic mass is 9.86. The third kappa shape index (κ3) is 11.7. The number of aliphatic hydroxyl groups is 1. The molecule has 13 heteroatoms. The molecule has 0 aromatic heterocycles. The minimum Gasteiger partial charge on any atom is -0.493 e. The Balaban J connectivity index is 2.61. The van der Waals surface area contributed by atoms with Crippen LogP contribution < -0.4 is 25.8 Å². The number of primary amides is 1. The van der Waals surface area contributed by atoms with Crippen LogP contribution in [0.5, 0.6) is 11.5 Å². The summed E-state index contributed by atoms with van der Waals surface area (Å²) in [6.45, 7) is 8.16. The number of fused-ring (bicyclic) bond motifs is 2. The number of benzene rings is 1. The van der Waals surface area contributed by atoms with Gasteiger partial charge in [0.1, 0.15) is 12.4 Å². The van der Waals surface area contributed by atoms with E-state index in [0.29, 0.717) is 66.8 Å². The van der Waals surface area contributed by atoms with Gasteiger partial charge in [0.2, 0.25) is 0 Å². The fraction of sp³-hybridized carbons (Fsp3) is 0.588. The lowest BCUT2D eigenvalue weighted by Crippen LogP contribution is -2.36. The molecule has 5 N–H and O–H groups in total. The number of aldehydes is 1. The molecule has 2 bridgehead atoms. The molecule has 47 heavy (non-hydrogen) atoms. The number of rotatable bonds is 8. The minimum absolute atomic E-state index is 0.0670. The number of amides is 3. The summed E-state index contributed by atoms with van der Waals surface area (Å²) in [6, 6.07) is 3.31. The molecule has 262 valence electrons. The van der Waals surface area contributed by atoms with E-state index in [0.717, 1.165) is 0 Å². The van der Waals surface area contributed by atoms with Gasteiger partial charge < -0.3 is 50.1 Å². The van der Waals surface area contributed by atoms with Gasteiger partial charge in [-0.05, 0) is 64.1 Å².